The van der Waals surface area contributed by atoms with E-state index in [1.165, 1.54) is 5.94 Å². The maximum absolute atomic E-state index is 10.2. The summed E-state index contributed by atoms with van der Waals surface area (Å²) in [5.41, 5.74) is 0.241. The summed E-state index contributed by atoms with van der Waals surface area (Å²) in [5, 5.41) is 13.1. The molecular formula is C7H5IN2O3. The molecule has 0 atom stereocenters. The summed E-state index contributed by atoms with van der Waals surface area (Å²) >= 11 is 1.97. The largest absolute Gasteiger partial charge is 0.497 e. The van der Waals surface area contributed by atoms with Crippen molar-refractivity contribution in [3.63, 3.8) is 0 Å². The molecule has 2 rings (SSSR count). The summed E-state index contributed by atoms with van der Waals surface area (Å²) in [5.74, 6) is 1.53. The molecule has 0 saturated heterocycles. The van der Waals surface area contributed by atoms with Gasteiger partial charge in [0.15, 0.2) is 11.6 Å². The number of aliphatic hydroxyl groups excluding tert-OH is 1. The van der Waals surface area contributed by atoms with Gasteiger partial charge in [0.2, 0.25) is 11.6 Å². The van der Waals surface area contributed by atoms with Crippen LogP contribution < -0.4 is 4.74 Å². The zero-order valence-electron chi connectivity index (χ0n) is 6.45. The van der Waals surface area contributed by atoms with E-state index < -0.39 is 5.76 Å². The number of nitrogens with zero attached hydrogens (tertiary/aromatic N) is 2. The molecule has 0 aromatic carbocycles. The number of rotatable bonds is 1. The molecule has 0 radical (unpaired) electrons. The molecule has 0 bridgehead atoms. The molecular weight excluding hydrogens is 287 g/mol. The Morgan fingerprint density at radius 3 is 3.15 bits per heavy atom. The Labute approximate surface area is 87.1 Å². The molecule has 68 valence electrons. The van der Waals surface area contributed by atoms with Crippen LogP contribution in [0.1, 0.15) is 5.69 Å². The zero-order chi connectivity index (χ0) is 9.42. The first-order chi connectivity index (χ1) is 6.24. The van der Waals surface area contributed by atoms with E-state index in [0.717, 1.165) is 0 Å². The summed E-state index contributed by atoms with van der Waals surface area (Å²) in [7, 11) is 0. The topological polar surface area (TPSA) is 64.3 Å². The number of halogens is 1. The molecule has 1 aliphatic rings. The number of hydrogen-bond acceptors (Lipinski definition) is 4. The van der Waals surface area contributed by atoms with Crippen LogP contribution in [0.25, 0.3) is 5.76 Å². The quantitative estimate of drug-likeness (QED) is 0.468. The van der Waals surface area contributed by atoms with Crippen molar-refractivity contribution in [2.24, 2.45) is 0 Å². The Kier molecular flexibility index (Phi) is 2.01. The number of fused-ring (bicyclic) bond motifs is 1. The number of carbonyl (C=O) groups excluding carboxylic acids is 1. The van der Waals surface area contributed by atoms with Gasteiger partial charge in [-0.3, -0.25) is 0 Å². The van der Waals surface area contributed by atoms with Gasteiger partial charge in [-0.15, -0.1) is 0 Å². The van der Waals surface area contributed by atoms with Crippen molar-refractivity contribution in [1.29, 1.82) is 0 Å². The fourth-order valence-electron chi connectivity index (χ4n) is 1.14. The minimum atomic E-state index is -0.477. The lowest BCUT2D eigenvalue weighted by Gasteiger charge is -1.93. The molecule has 0 spiro atoms. The third kappa shape index (κ3) is 1.22. The number of ether oxygens (including phenoxy) is 1. The Balaban J connectivity index is 2.57. The van der Waals surface area contributed by atoms with E-state index in [9.17, 15) is 4.79 Å². The van der Waals surface area contributed by atoms with Gasteiger partial charge in [0.1, 0.15) is 10.2 Å². The number of aromatic nitrogens is 2. The second-order valence-corrected chi connectivity index (χ2v) is 3.57. The van der Waals surface area contributed by atoms with Gasteiger partial charge < -0.3 is 9.84 Å². The van der Waals surface area contributed by atoms with Gasteiger partial charge in [-0.1, -0.05) is 0 Å². The molecule has 6 heteroatoms. The van der Waals surface area contributed by atoms with E-state index in [1.54, 1.807) is 4.68 Å². The summed E-state index contributed by atoms with van der Waals surface area (Å²) in [6, 6.07) is 0. The maximum Gasteiger partial charge on any atom is 0.230 e. The molecule has 1 aromatic rings. The number of aliphatic hydroxyl groups is 1. The van der Waals surface area contributed by atoms with Crippen LogP contribution in [0.5, 0.6) is 5.88 Å². The Hall–Kier alpha value is -1.01. The molecule has 0 aliphatic carbocycles. The van der Waals surface area contributed by atoms with Gasteiger partial charge in [0, 0.05) is 0 Å². The third-order valence-electron chi connectivity index (χ3n) is 1.71. The van der Waals surface area contributed by atoms with Crippen molar-refractivity contribution >= 4 is 34.3 Å². The lowest BCUT2D eigenvalue weighted by molar-refractivity contribution is 0.354. The Bertz CT molecular complexity index is 406. The molecule has 0 amide bonds. The van der Waals surface area contributed by atoms with Crippen molar-refractivity contribution in [3.05, 3.63) is 9.26 Å². The highest BCUT2D eigenvalue weighted by Gasteiger charge is 2.23. The van der Waals surface area contributed by atoms with Crippen molar-refractivity contribution < 1.29 is 14.6 Å². The first-order valence-electron chi connectivity index (χ1n) is 3.57. The zero-order valence-corrected chi connectivity index (χ0v) is 8.61. The van der Waals surface area contributed by atoms with Crippen molar-refractivity contribution in [1.82, 2.24) is 9.78 Å². The first kappa shape index (κ1) is 8.58. The van der Waals surface area contributed by atoms with Crippen LogP contribution >= 0.6 is 22.6 Å². The van der Waals surface area contributed by atoms with E-state index in [0.29, 0.717) is 22.6 Å². The van der Waals surface area contributed by atoms with Crippen LogP contribution in [0, 0.1) is 3.57 Å². The van der Waals surface area contributed by atoms with E-state index >= 15 is 0 Å². The monoisotopic (exact) mass is 292 g/mol. The lowest BCUT2D eigenvalue weighted by Crippen LogP contribution is -1.98. The smallest absolute Gasteiger partial charge is 0.230 e. The minimum Gasteiger partial charge on any atom is -0.497 e. The van der Waals surface area contributed by atoms with Crippen molar-refractivity contribution in [3.8, 4) is 5.88 Å². The van der Waals surface area contributed by atoms with E-state index in [4.69, 9.17) is 9.84 Å². The fourth-order valence-corrected chi connectivity index (χ4v) is 1.94. The van der Waals surface area contributed by atoms with Crippen molar-refractivity contribution in [2.45, 2.75) is 6.54 Å². The van der Waals surface area contributed by atoms with Gasteiger partial charge in [-0.2, -0.15) is 5.10 Å². The SMILES string of the molecule is O=C=C(O)c1nn2c(c1I)OCC2. The van der Waals surface area contributed by atoms with Gasteiger partial charge in [0.05, 0.1) is 6.54 Å². The molecule has 2 heterocycles. The van der Waals surface area contributed by atoms with Crippen LogP contribution in [-0.2, 0) is 11.3 Å². The molecule has 1 N–H and O–H groups in total. The molecule has 13 heavy (non-hydrogen) atoms. The van der Waals surface area contributed by atoms with Crippen LogP contribution in [0.4, 0.5) is 0 Å². The normalized spacial score (nSPS) is 13.3. The van der Waals surface area contributed by atoms with Crippen LogP contribution in [0.2, 0.25) is 0 Å². The van der Waals surface area contributed by atoms with E-state index in [2.05, 4.69) is 5.10 Å². The van der Waals surface area contributed by atoms with Gasteiger partial charge in [0.25, 0.3) is 0 Å². The average Bonchev–Trinajstić information content (AvgIpc) is 2.68. The van der Waals surface area contributed by atoms with Crippen LogP contribution in [-0.4, -0.2) is 27.4 Å². The molecule has 1 aromatic heterocycles. The highest BCUT2D eigenvalue weighted by molar-refractivity contribution is 14.1. The number of hydrogen-bond donors (Lipinski definition) is 1. The summed E-state index contributed by atoms with van der Waals surface area (Å²) in [4.78, 5) is 10.2. The molecule has 5 nitrogen and oxygen atoms in total. The fraction of sp³-hybridized carbons (Fsp3) is 0.286. The highest BCUT2D eigenvalue weighted by atomic mass is 127. The maximum atomic E-state index is 10.2. The van der Waals surface area contributed by atoms with Gasteiger partial charge in [-0.25, -0.2) is 9.48 Å². The van der Waals surface area contributed by atoms with Gasteiger partial charge in [-0.05, 0) is 22.6 Å². The van der Waals surface area contributed by atoms with Crippen molar-refractivity contribution in [2.75, 3.05) is 6.61 Å². The summed E-state index contributed by atoms with van der Waals surface area (Å²) in [6.45, 7) is 1.24. The second kappa shape index (κ2) is 3.04. The minimum absolute atomic E-state index is 0.241. The van der Waals surface area contributed by atoms with Gasteiger partial charge >= 0.3 is 0 Å². The molecule has 0 fully saturated rings. The van der Waals surface area contributed by atoms with E-state index in [-0.39, 0.29) is 5.69 Å². The molecule has 1 aliphatic heterocycles. The third-order valence-corrected chi connectivity index (χ3v) is 2.69. The highest BCUT2D eigenvalue weighted by Crippen LogP contribution is 2.29. The standard InChI is InChI=1S/C7H5IN2O3/c8-5-6(4(12)3-11)9-10-1-2-13-7(5)10/h12H,1-2H2. The molecule has 0 saturated carbocycles. The Morgan fingerprint density at radius 2 is 2.54 bits per heavy atom. The van der Waals surface area contributed by atoms with E-state index in [1.807, 2.05) is 22.6 Å². The summed E-state index contributed by atoms with van der Waals surface area (Å²) < 4.78 is 7.51. The average molecular weight is 292 g/mol. The second-order valence-electron chi connectivity index (χ2n) is 2.49. The predicted octanol–water partition coefficient (Wildman–Crippen LogP) is 0.611. The van der Waals surface area contributed by atoms with Crippen LogP contribution in [0.3, 0.4) is 0 Å². The molecule has 0 unspecified atom stereocenters. The summed E-state index contributed by atoms with van der Waals surface area (Å²) in [6.07, 6.45) is 0. The lowest BCUT2D eigenvalue weighted by atomic mass is 10.4. The first-order valence-corrected chi connectivity index (χ1v) is 4.65. The predicted molar refractivity (Wildman–Crippen MR) is 52.2 cm³/mol. The van der Waals surface area contributed by atoms with Crippen LogP contribution in [0.15, 0.2) is 0 Å². The Morgan fingerprint density at radius 1 is 1.77 bits per heavy atom.